The van der Waals surface area contributed by atoms with E-state index in [9.17, 15) is 9.90 Å². The highest BCUT2D eigenvalue weighted by Crippen LogP contribution is 2.35. The number of aromatic hydroxyl groups is 1. The molecule has 0 saturated heterocycles. The van der Waals surface area contributed by atoms with Crippen LogP contribution in [0, 0.1) is 0 Å². The van der Waals surface area contributed by atoms with E-state index < -0.39 is 5.63 Å². The van der Waals surface area contributed by atoms with E-state index in [-0.39, 0.29) is 5.75 Å². The first-order valence-corrected chi connectivity index (χ1v) is 8.04. The molecule has 4 nitrogen and oxygen atoms in total. The van der Waals surface area contributed by atoms with Gasteiger partial charge in [0.2, 0.25) is 0 Å². The number of methoxy groups -OCH3 is 1. The molecule has 1 heterocycles. The van der Waals surface area contributed by atoms with Gasteiger partial charge in [-0.05, 0) is 46.1 Å². The summed E-state index contributed by atoms with van der Waals surface area (Å²) in [6.45, 7) is 6.27. The highest BCUT2D eigenvalue weighted by atomic mass is 16.5. The molecule has 0 saturated carbocycles. The maximum atomic E-state index is 11.6. The second-order valence-corrected chi connectivity index (χ2v) is 6.15. The maximum Gasteiger partial charge on any atom is 0.336 e. The largest absolute Gasteiger partial charge is 0.507 e. The van der Waals surface area contributed by atoms with Crippen LogP contribution < -0.4 is 10.4 Å². The summed E-state index contributed by atoms with van der Waals surface area (Å²) in [6, 6.07) is 4.44. The Bertz CT molecular complexity index is 837. The molecule has 1 aromatic carbocycles. The van der Waals surface area contributed by atoms with Crippen LogP contribution in [0.3, 0.4) is 0 Å². The van der Waals surface area contributed by atoms with E-state index in [0.29, 0.717) is 23.1 Å². The van der Waals surface area contributed by atoms with Gasteiger partial charge in [-0.1, -0.05) is 23.3 Å². The van der Waals surface area contributed by atoms with Crippen LogP contribution in [0.25, 0.3) is 11.0 Å². The normalized spacial score (nSPS) is 11.6. The maximum absolute atomic E-state index is 11.6. The molecule has 1 aromatic heterocycles. The molecular weight excluding hydrogens is 304 g/mol. The summed E-state index contributed by atoms with van der Waals surface area (Å²) in [4.78, 5) is 11.6. The number of ether oxygens (including phenoxy) is 1. The van der Waals surface area contributed by atoms with Gasteiger partial charge in [-0.25, -0.2) is 4.79 Å². The minimum Gasteiger partial charge on any atom is -0.507 e. The number of benzene rings is 1. The molecule has 0 aliphatic rings. The lowest BCUT2D eigenvalue weighted by Gasteiger charge is -2.11. The zero-order chi connectivity index (χ0) is 17.7. The van der Waals surface area contributed by atoms with Gasteiger partial charge in [-0.3, -0.25) is 0 Å². The monoisotopic (exact) mass is 328 g/mol. The van der Waals surface area contributed by atoms with Gasteiger partial charge < -0.3 is 14.3 Å². The molecule has 0 amide bonds. The molecule has 0 aliphatic carbocycles. The standard InChI is InChI=1S/C20H24O4/c1-13(2)6-5-7-14(3)8-9-16-18(23-4)12-17(21)15-10-11-19(22)24-20(15)16/h6,8,10-12,21H,5,7,9H2,1-4H3/b14-8-. The third-order valence-electron chi connectivity index (χ3n) is 3.91. The fourth-order valence-electron chi connectivity index (χ4n) is 2.59. The van der Waals surface area contributed by atoms with Crippen LogP contribution in [0.15, 0.2) is 50.7 Å². The summed E-state index contributed by atoms with van der Waals surface area (Å²) < 4.78 is 10.7. The minimum absolute atomic E-state index is 0.0404. The zero-order valence-corrected chi connectivity index (χ0v) is 14.7. The molecule has 128 valence electrons. The smallest absolute Gasteiger partial charge is 0.336 e. The van der Waals surface area contributed by atoms with Crippen LogP contribution in [0.1, 0.15) is 39.2 Å². The number of allylic oxidation sites excluding steroid dienone is 4. The SMILES string of the molecule is COc1cc(O)c2ccc(=O)oc2c1C/C=C(/C)CCC=C(C)C. The molecule has 1 N–H and O–H groups in total. The zero-order valence-electron chi connectivity index (χ0n) is 14.7. The van der Waals surface area contributed by atoms with Gasteiger partial charge >= 0.3 is 5.63 Å². The van der Waals surface area contributed by atoms with Crippen LogP contribution in [0.4, 0.5) is 0 Å². The van der Waals surface area contributed by atoms with Gasteiger partial charge in [-0.2, -0.15) is 0 Å². The number of phenolic OH excluding ortho intramolecular Hbond substituents is 1. The Balaban J connectivity index is 2.36. The van der Waals surface area contributed by atoms with Crippen molar-refractivity contribution in [2.45, 2.75) is 40.0 Å². The molecule has 4 heteroatoms. The number of hydrogen-bond donors (Lipinski definition) is 1. The van der Waals surface area contributed by atoms with Crippen molar-refractivity contribution >= 4 is 11.0 Å². The predicted octanol–water partition coefficient (Wildman–Crippen LogP) is 4.74. The molecule has 0 bridgehead atoms. The van der Waals surface area contributed by atoms with E-state index in [1.54, 1.807) is 12.1 Å². The van der Waals surface area contributed by atoms with Gasteiger partial charge in [0.25, 0.3) is 0 Å². The molecule has 24 heavy (non-hydrogen) atoms. The van der Waals surface area contributed by atoms with Gasteiger partial charge in [0.1, 0.15) is 17.1 Å². The fourth-order valence-corrected chi connectivity index (χ4v) is 2.59. The van der Waals surface area contributed by atoms with Crippen LogP contribution >= 0.6 is 0 Å². The molecule has 0 radical (unpaired) electrons. The van der Waals surface area contributed by atoms with E-state index in [4.69, 9.17) is 9.15 Å². The van der Waals surface area contributed by atoms with Crippen molar-refractivity contribution < 1.29 is 14.3 Å². The predicted molar refractivity (Wildman–Crippen MR) is 96.8 cm³/mol. The van der Waals surface area contributed by atoms with E-state index in [0.717, 1.165) is 18.4 Å². The van der Waals surface area contributed by atoms with Crippen molar-refractivity contribution in [1.82, 2.24) is 0 Å². The summed E-state index contributed by atoms with van der Waals surface area (Å²) in [5.41, 5.74) is 3.28. The van der Waals surface area contributed by atoms with Gasteiger partial charge in [0, 0.05) is 17.7 Å². The Labute approximate surface area is 142 Å². The van der Waals surface area contributed by atoms with Crippen molar-refractivity contribution in [1.29, 1.82) is 0 Å². The summed E-state index contributed by atoms with van der Waals surface area (Å²) in [7, 11) is 1.54. The lowest BCUT2D eigenvalue weighted by atomic mass is 10.0. The molecule has 2 aromatic rings. The van der Waals surface area contributed by atoms with E-state index in [2.05, 4.69) is 32.9 Å². The average Bonchev–Trinajstić information content (AvgIpc) is 2.53. The third-order valence-corrected chi connectivity index (χ3v) is 3.91. The van der Waals surface area contributed by atoms with Crippen LogP contribution in [0.5, 0.6) is 11.5 Å². The van der Waals surface area contributed by atoms with Crippen LogP contribution in [-0.2, 0) is 6.42 Å². The van der Waals surface area contributed by atoms with Crippen LogP contribution in [0.2, 0.25) is 0 Å². The quantitative estimate of drug-likeness (QED) is 0.614. The Morgan fingerprint density at radius 2 is 2.00 bits per heavy atom. The topological polar surface area (TPSA) is 59.7 Å². The van der Waals surface area contributed by atoms with Crippen LogP contribution in [-0.4, -0.2) is 12.2 Å². The lowest BCUT2D eigenvalue weighted by Crippen LogP contribution is -1.99. The van der Waals surface area contributed by atoms with E-state index in [1.165, 1.54) is 24.3 Å². The summed E-state index contributed by atoms with van der Waals surface area (Å²) in [5, 5.41) is 10.6. The third kappa shape index (κ3) is 4.28. The number of phenols is 1. The Hall–Kier alpha value is -2.49. The van der Waals surface area contributed by atoms with Gasteiger partial charge in [0.15, 0.2) is 0 Å². The molecule has 0 unspecified atom stereocenters. The van der Waals surface area contributed by atoms with Gasteiger partial charge in [0.05, 0.1) is 12.5 Å². The average molecular weight is 328 g/mol. The molecule has 2 rings (SSSR count). The number of fused-ring (bicyclic) bond motifs is 1. The molecule has 0 aliphatic heterocycles. The highest BCUT2D eigenvalue weighted by molar-refractivity contribution is 5.88. The highest BCUT2D eigenvalue weighted by Gasteiger charge is 2.14. The summed E-state index contributed by atoms with van der Waals surface area (Å²) in [6.07, 6.45) is 6.89. The van der Waals surface area contributed by atoms with Gasteiger partial charge in [-0.15, -0.1) is 0 Å². The summed E-state index contributed by atoms with van der Waals surface area (Å²) >= 11 is 0. The molecule has 0 spiro atoms. The Morgan fingerprint density at radius 1 is 1.25 bits per heavy atom. The Morgan fingerprint density at radius 3 is 2.67 bits per heavy atom. The minimum atomic E-state index is -0.444. The second kappa shape index (κ2) is 7.86. The van der Waals surface area contributed by atoms with Crippen molar-refractivity contribution in [3.05, 3.63) is 57.5 Å². The fraction of sp³-hybridized carbons (Fsp3) is 0.350. The van der Waals surface area contributed by atoms with Crippen molar-refractivity contribution in [3.8, 4) is 11.5 Å². The molecule has 0 atom stereocenters. The molecular formula is C20H24O4. The number of hydrogen-bond acceptors (Lipinski definition) is 4. The number of rotatable bonds is 6. The lowest BCUT2D eigenvalue weighted by molar-refractivity contribution is 0.403. The van der Waals surface area contributed by atoms with E-state index >= 15 is 0 Å². The van der Waals surface area contributed by atoms with Crippen molar-refractivity contribution in [2.24, 2.45) is 0 Å². The Kier molecular flexibility index (Phi) is 5.85. The molecule has 0 fully saturated rings. The van der Waals surface area contributed by atoms with E-state index in [1.807, 2.05) is 0 Å². The summed E-state index contributed by atoms with van der Waals surface area (Å²) in [5.74, 6) is 0.557. The first-order chi connectivity index (χ1) is 11.4. The van der Waals surface area contributed by atoms with Crippen molar-refractivity contribution in [3.63, 3.8) is 0 Å². The first-order valence-electron chi connectivity index (χ1n) is 8.04. The first kappa shape index (κ1) is 17.9. The second-order valence-electron chi connectivity index (χ2n) is 6.15. The van der Waals surface area contributed by atoms with Crippen molar-refractivity contribution in [2.75, 3.05) is 7.11 Å².